The Morgan fingerprint density at radius 3 is 2.70 bits per heavy atom. The Hall–Kier alpha value is -1.02. The van der Waals surface area contributed by atoms with Gasteiger partial charge in [-0.1, -0.05) is 0 Å². The van der Waals surface area contributed by atoms with Gasteiger partial charge in [-0.15, -0.1) is 0 Å². The number of likely N-dealkylation sites (tertiary alicyclic amines) is 1. The van der Waals surface area contributed by atoms with Crippen LogP contribution in [0.25, 0.3) is 0 Å². The van der Waals surface area contributed by atoms with Crippen LogP contribution < -0.4 is 0 Å². The molecule has 7 nitrogen and oxygen atoms in total. The number of rotatable bonds is 6. The summed E-state index contributed by atoms with van der Waals surface area (Å²) in [6.45, 7) is 10.8. The third-order valence-corrected chi connectivity index (χ3v) is 4.86. The summed E-state index contributed by atoms with van der Waals surface area (Å²) in [6.07, 6.45) is 2.07. The molecule has 1 N–H and O–H groups in total. The molecule has 0 spiro atoms. The first-order chi connectivity index (χ1) is 11.1. The highest BCUT2D eigenvalue weighted by molar-refractivity contribution is 4.90. The Labute approximate surface area is 138 Å². The number of aliphatic hydroxyl groups excluding tert-OH is 1. The molecule has 2 aliphatic rings. The van der Waals surface area contributed by atoms with Crippen LogP contribution in [0.5, 0.6) is 0 Å². The maximum Gasteiger partial charge on any atom is 0.147 e. The summed E-state index contributed by atoms with van der Waals surface area (Å²) in [7, 11) is 0. The van der Waals surface area contributed by atoms with Crippen LogP contribution in [-0.4, -0.2) is 87.8 Å². The second-order valence-electron chi connectivity index (χ2n) is 6.75. The zero-order valence-electron chi connectivity index (χ0n) is 14.3. The molecule has 0 bridgehead atoms. The molecule has 0 radical (unpaired) electrons. The second-order valence-corrected chi connectivity index (χ2v) is 6.75. The lowest BCUT2D eigenvalue weighted by atomic mass is 10.2. The summed E-state index contributed by atoms with van der Waals surface area (Å²) in [5.41, 5.74) is 0. The van der Waals surface area contributed by atoms with Crippen molar-refractivity contribution in [2.75, 3.05) is 45.9 Å². The monoisotopic (exact) mass is 323 g/mol. The number of hydrogen-bond donors (Lipinski definition) is 1. The minimum atomic E-state index is -0.299. The standard InChI is InChI=1S/C16H29N5O2/c1-13-17-14(2)21(18-13)10-15-4-3-5-20(15)12-16(22)11-19-6-8-23-9-7-19/h15-16,22H,3-12H2,1-2H3. The molecule has 2 fully saturated rings. The fourth-order valence-corrected chi connectivity index (χ4v) is 3.69. The van der Waals surface area contributed by atoms with Crippen molar-refractivity contribution in [1.82, 2.24) is 24.6 Å². The maximum atomic E-state index is 10.4. The molecule has 2 saturated heterocycles. The van der Waals surface area contributed by atoms with Gasteiger partial charge in [0.25, 0.3) is 0 Å². The molecule has 2 unspecified atom stereocenters. The van der Waals surface area contributed by atoms with Gasteiger partial charge in [0, 0.05) is 32.2 Å². The number of β-amino-alcohol motifs (C(OH)–C–C–N with tert-alkyl or cyclic N) is 1. The van der Waals surface area contributed by atoms with E-state index >= 15 is 0 Å². The smallest absolute Gasteiger partial charge is 0.147 e. The van der Waals surface area contributed by atoms with Crippen LogP contribution >= 0.6 is 0 Å². The number of ether oxygens (including phenoxy) is 1. The van der Waals surface area contributed by atoms with E-state index in [-0.39, 0.29) is 6.10 Å². The van der Waals surface area contributed by atoms with Crippen molar-refractivity contribution in [3.8, 4) is 0 Å². The lowest BCUT2D eigenvalue weighted by molar-refractivity contribution is 0.00529. The van der Waals surface area contributed by atoms with E-state index < -0.39 is 0 Å². The zero-order valence-corrected chi connectivity index (χ0v) is 14.3. The van der Waals surface area contributed by atoms with Gasteiger partial charge in [-0.05, 0) is 33.2 Å². The van der Waals surface area contributed by atoms with Crippen molar-refractivity contribution in [2.45, 2.75) is 45.4 Å². The Morgan fingerprint density at radius 2 is 2.00 bits per heavy atom. The highest BCUT2D eigenvalue weighted by Crippen LogP contribution is 2.19. The van der Waals surface area contributed by atoms with Gasteiger partial charge in [-0.25, -0.2) is 9.67 Å². The van der Waals surface area contributed by atoms with Gasteiger partial charge in [-0.2, -0.15) is 5.10 Å². The molecular weight excluding hydrogens is 294 g/mol. The lowest BCUT2D eigenvalue weighted by Crippen LogP contribution is -2.46. The van der Waals surface area contributed by atoms with Gasteiger partial charge in [0.05, 0.1) is 25.9 Å². The highest BCUT2D eigenvalue weighted by Gasteiger charge is 2.28. The maximum absolute atomic E-state index is 10.4. The lowest BCUT2D eigenvalue weighted by Gasteiger charge is -2.31. The molecule has 2 aliphatic heterocycles. The molecule has 0 amide bonds. The van der Waals surface area contributed by atoms with Gasteiger partial charge in [-0.3, -0.25) is 9.80 Å². The van der Waals surface area contributed by atoms with Crippen molar-refractivity contribution >= 4 is 0 Å². The minimum Gasteiger partial charge on any atom is -0.390 e. The summed E-state index contributed by atoms with van der Waals surface area (Å²) in [6, 6.07) is 0.453. The highest BCUT2D eigenvalue weighted by atomic mass is 16.5. The van der Waals surface area contributed by atoms with Crippen LogP contribution in [0.2, 0.25) is 0 Å². The number of aromatic nitrogens is 3. The van der Waals surface area contributed by atoms with E-state index in [9.17, 15) is 5.11 Å². The van der Waals surface area contributed by atoms with E-state index in [1.54, 1.807) is 0 Å². The average molecular weight is 323 g/mol. The quantitative estimate of drug-likeness (QED) is 0.798. The van der Waals surface area contributed by atoms with E-state index in [0.29, 0.717) is 6.04 Å². The molecule has 23 heavy (non-hydrogen) atoms. The van der Waals surface area contributed by atoms with Gasteiger partial charge >= 0.3 is 0 Å². The summed E-state index contributed by atoms with van der Waals surface area (Å²) in [5.74, 6) is 1.81. The zero-order chi connectivity index (χ0) is 16.2. The number of nitrogens with zero attached hydrogens (tertiary/aromatic N) is 5. The Bertz CT molecular complexity index is 501. The molecule has 3 heterocycles. The SMILES string of the molecule is Cc1nc(C)n(CC2CCCN2CC(O)CN2CCOCC2)n1. The summed E-state index contributed by atoms with van der Waals surface area (Å²) in [4.78, 5) is 9.10. The van der Waals surface area contributed by atoms with E-state index in [4.69, 9.17) is 4.74 Å². The molecule has 2 atom stereocenters. The summed E-state index contributed by atoms with van der Waals surface area (Å²) >= 11 is 0. The predicted molar refractivity (Wildman–Crippen MR) is 87.4 cm³/mol. The first-order valence-electron chi connectivity index (χ1n) is 8.72. The van der Waals surface area contributed by atoms with Crippen molar-refractivity contribution in [3.05, 3.63) is 11.6 Å². The first kappa shape index (κ1) is 16.8. The normalized spacial score (nSPS) is 25.1. The van der Waals surface area contributed by atoms with Crippen LogP contribution in [0.4, 0.5) is 0 Å². The largest absolute Gasteiger partial charge is 0.390 e. The van der Waals surface area contributed by atoms with Gasteiger partial charge in [0.1, 0.15) is 11.6 Å². The van der Waals surface area contributed by atoms with Crippen molar-refractivity contribution in [3.63, 3.8) is 0 Å². The van der Waals surface area contributed by atoms with Crippen molar-refractivity contribution in [1.29, 1.82) is 0 Å². The average Bonchev–Trinajstić information content (AvgIpc) is 3.07. The van der Waals surface area contributed by atoms with Gasteiger partial charge in [0.15, 0.2) is 0 Å². The third kappa shape index (κ3) is 4.50. The number of morpholine rings is 1. The molecular formula is C16H29N5O2. The summed E-state index contributed by atoms with van der Waals surface area (Å²) in [5, 5.41) is 14.9. The van der Waals surface area contributed by atoms with Crippen LogP contribution in [-0.2, 0) is 11.3 Å². The van der Waals surface area contributed by atoms with Crippen LogP contribution in [0.1, 0.15) is 24.5 Å². The van der Waals surface area contributed by atoms with Crippen LogP contribution in [0, 0.1) is 13.8 Å². The predicted octanol–water partition coefficient (Wildman–Crippen LogP) is 0.0524. The van der Waals surface area contributed by atoms with E-state index in [2.05, 4.69) is 19.9 Å². The summed E-state index contributed by atoms with van der Waals surface area (Å²) < 4.78 is 7.37. The molecule has 7 heteroatoms. The first-order valence-corrected chi connectivity index (χ1v) is 8.72. The van der Waals surface area contributed by atoms with E-state index in [1.165, 1.54) is 12.8 Å². The van der Waals surface area contributed by atoms with Crippen molar-refractivity contribution in [2.24, 2.45) is 0 Å². The fraction of sp³-hybridized carbons (Fsp3) is 0.875. The Balaban J connectivity index is 1.51. The molecule has 0 saturated carbocycles. The number of hydrogen-bond acceptors (Lipinski definition) is 6. The van der Waals surface area contributed by atoms with Gasteiger partial charge < -0.3 is 9.84 Å². The number of aliphatic hydroxyl groups is 1. The van der Waals surface area contributed by atoms with E-state index in [1.807, 2.05) is 18.5 Å². The van der Waals surface area contributed by atoms with Gasteiger partial charge in [0.2, 0.25) is 0 Å². The third-order valence-electron chi connectivity index (χ3n) is 4.86. The van der Waals surface area contributed by atoms with Crippen LogP contribution in [0.15, 0.2) is 0 Å². The Morgan fingerprint density at radius 1 is 1.22 bits per heavy atom. The topological polar surface area (TPSA) is 66.7 Å². The fourth-order valence-electron chi connectivity index (χ4n) is 3.69. The minimum absolute atomic E-state index is 0.299. The molecule has 1 aromatic rings. The molecule has 130 valence electrons. The number of aryl methyl sites for hydroxylation is 2. The molecule has 1 aromatic heterocycles. The van der Waals surface area contributed by atoms with E-state index in [0.717, 1.165) is 64.1 Å². The molecule has 0 aliphatic carbocycles. The van der Waals surface area contributed by atoms with Crippen LogP contribution in [0.3, 0.4) is 0 Å². The Kier molecular flexibility index (Phi) is 5.63. The molecule has 3 rings (SSSR count). The molecule has 0 aromatic carbocycles. The van der Waals surface area contributed by atoms with Crippen molar-refractivity contribution < 1.29 is 9.84 Å². The second kappa shape index (κ2) is 7.70.